The number of nitrogens with one attached hydrogen (secondary N) is 2. The third-order valence-electron chi connectivity index (χ3n) is 6.34. The van der Waals surface area contributed by atoms with Crippen molar-refractivity contribution < 1.29 is 45.9 Å². The Bertz CT molecular complexity index is 732. The third kappa shape index (κ3) is 10.6. The molecule has 0 aromatic heterocycles. The standard InChI is InChI=1S/C29H47N3.2ClH.Pt/c1-20(2)24-12-10-13-25(21(3)4)28(24)30-16-18-32(9)19-17-31-29-26(22(5)6)14-11-15-27(29)23(7)8;;;/h10-15,20-23,30-31H,16-19H2,1-9H3;2*1H;/q;;;+2/p-2. The van der Waals surface area contributed by atoms with Gasteiger partial charge in [0.25, 0.3) is 0 Å². The number of hydrogen-bond donors (Lipinski definition) is 2. The molecule has 0 aliphatic heterocycles. The molecule has 6 heteroatoms. The topological polar surface area (TPSA) is 27.3 Å². The van der Waals surface area contributed by atoms with E-state index in [0.29, 0.717) is 23.7 Å². The molecule has 0 unspecified atom stereocenters. The molecule has 35 heavy (non-hydrogen) atoms. The maximum absolute atomic E-state index is 3.77. The van der Waals surface area contributed by atoms with Crippen LogP contribution in [0, 0.1) is 0 Å². The van der Waals surface area contributed by atoms with Gasteiger partial charge >= 0.3 is 21.1 Å². The van der Waals surface area contributed by atoms with Crippen LogP contribution < -0.4 is 35.4 Å². The normalized spacial score (nSPS) is 10.9. The van der Waals surface area contributed by atoms with E-state index in [1.165, 1.54) is 33.6 Å². The second-order valence-corrected chi connectivity index (χ2v) is 10.4. The summed E-state index contributed by atoms with van der Waals surface area (Å²) < 4.78 is 0. The molecule has 0 spiro atoms. The van der Waals surface area contributed by atoms with E-state index in [1.807, 2.05) is 0 Å². The monoisotopic (exact) mass is 702 g/mol. The molecule has 0 aliphatic rings. The van der Waals surface area contributed by atoms with Gasteiger partial charge in [-0.1, -0.05) is 91.8 Å². The van der Waals surface area contributed by atoms with Crippen molar-refractivity contribution in [3.8, 4) is 0 Å². The number of halogens is 2. The first-order chi connectivity index (χ1) is 15.1. The van der Waals surface area contributed by atoms with Crippen molar-refractivity contribution in [1.29, 1.82) is 0 Å². The minimum absolute atomic E-state index is 0. The maximum Gasteiger partial charge on any atom is 2.00 e. The Labute approximate surface area is 242 Å². The fourth-order valence-corrected chi connectivity index (χ4v) is 4.37. The van der Waals surface area contributed by atoms with Crippen molar-refractivity contribution in [3.63, 3.8) is 0 Å². The number of likely N-dealkylation sites (N-methyl/N-ethyl adjacent to an activating group) is 1. The van der Waals surface area contributed by atoms with Crippen molar-refractivity contribution in [1.82, 2.24) is 4.90 Å². The summed E-state index contributed by atoms with van der Waals surface area (Å²) in [5, 5.41) is 7.54. The van der Waals surface area contributed by atoms with E-state index >= 15 is 0 Å². The average Bonchev–Trinajstić information content (AvgIpc) is 2.73. The summed E-state index contributed by atoms with van der Waals surface area (Å²) in [6, 6.07) is 13.5. The van der Waals surface area contributed by atoms with Gasteiger partial charge in [0, 0.05) is 37.6 Å². The van der Waals surface area contributed by atoms with Crippen LogP contribution in [0.3, 0.4) is 0 Å². The Kier molecular flexibility index (Phi) is 18.4. The summed E-state index contributed by atoms with van der Waals surface area (Å²) >= 11 is 0. The molecule has 2 rings (SSSR count). The van der Waals surface area contributed by atoms with Crippen molar-refractivity contribution >= 4 is 11.4 Å². The summed E-state index contributed by atoms with van der Waals surface area (Å²) in [5.74, 6) is 2.09. The van der Waals surface area contributed by atoms with E-state index in [4.69, 9.17) is 0 Å². The molecule has 202 valence electrons. The zero-order valence-electron chi connectivity index (χ0n) is 23.1. The summed E-state index contributed by atoms with van der Waals surface area (Å²) in [4.78, 5) is 2.42. The second-order valence-electron chi connectivity index (χ2n) is 10.4. The van der Waals surface area contributed by atoms with Crippen LogP contribution in [0.2, 0.25) is 0 Å². The van der Waals surface area contributed by atoms with E-state index in [2.05, 4.69) is 114 Å². The molecule has 0 radical (unpaired) electrons. The molecule has 0 heterocycles. The second kappa shape index (κ2) is 17.7. The van der Waals surface area contributed by atoms with Crippen LogP contribution in [-0.2, 0) is 21.1 Å². The fraction of sp³-hybridized carbons (Fsp3) is 0.586. The zero-order chi connectivity index (χ0) is 23.8. The number of benzene rings is 2. The Balaban J connectivity index is 0. The predicted octanol–water partition coefficient (Wildman–Crippen LogP) is 1.64. The molecular formula is C29H47Cl2N3Pt. The van der Waals surface area contributed by atoms with Gasteiger partial charge in [0.15, 0.2) is 0 Å². The Morgan fingerprint density at radius 1 is 0.571 bits per heavy atom. The minimum atomic E-state index is 0. The first kappa shape index (κ1) is 36.4. The van der Waals surface area contributed by atoms with Crippen molar-refractivity contribution in [3.05, 3.63) is 58.7 Å². The Morgan fingerprint density at radius 3 is 1.06 bits per heavy atom. The van der Waals surface area contributed by atoms with Gasteiger partial charge in [0.1, 0.15) is 0 Å². The molecule has 0 bridgehead atoms. The van der Waals surface area contributed by atoms with E-state index in [1.54, 1.807) is 0 Å². The van der Waals surface area contributed by atoms with Gasteiger partial charge in [-0.2, -0.15) is 0 Å². The summed E-state index contributed by atoms with van der Waals surface area (Å²) in [5.41, 5.74) is 8.38. The van der Waals surface area contributed by atoms with E-state index in [-0.39, 0.29) is 45.9 Å². The van der Waals surface area contributed by atoms with Gasteiger partial charge in [-0.05, 0) is 53.0 Å². The number of hydrogen-bond acceptors (Lipinski definition) is 3. The molecule has 2 aromatic carbocycles. The van der Waals surface area contributed by atoms with Crippen LogP contribution in [0.15, 0.2) is 36.4 Å². The van der Waals surface area contributed by atoms with Gasteiger partial charge in [-0.15, -0.1) is 0 Å². The number of nitrogens with zero attached hydrogens (tertiary/aromatic N) is 1. The number of rotatable bonds is 12. The van der Waals surface area contributed by atoms with Gasteiger partial charge in [0.05, 0.1) is 0 Å². The van der Waals surface area contributed by atoms with Crippen LogP contribution in [-0.4, -0.2) is 38.1 Å². The van der Waals surface area contributed by atoms with E-state index in [9.17, 15) is 0 Å². The molecular weight excluding hydrogens is 656 g/mol. The van der Waals surface area contributed by atoms with E-state index in [0.717, 1.165) is 26.2 Å². The zero-order valence-corrected chi connectivity index (χ0v) is 26.9. The molecule has 0 atom stereocenters. The molecule has 2 N–H and O–H groups in total. The summed E-state index contributed by atoms with van der Waals surface area (Å²) in [6.45, 7) is 22.2. The number of anilines is 2. The molecule has 3 nitrogen and oxygen atoms in total. The van der Waals surface area contributed by atoms with Gasteiger partial charge in [-0.25, -0.2) is 0 Å². The summed E-state index contributed by atoms with van der Waals surface area (Å²) in [7, 11) is 2.22. The SMILES string of the molecule is CC(C)c1cccc(C(C)C)c1NCCN(C)CCNc1c(C(C)C)cccc1C(C)C.[Cl-].[Cl-].[Pt+2]. The smallest absolute Gasteiger partial charge is 1.00 e. The molecule has 2 aromatic rings. The van der Waals surface area contributed by atoms with Gasteiger partial charge < -0.3 is 40.3 Å². The average molecular weight is 704 g/mol. The first-order valence-corrected chi connectivity index (χ1v) is 12.5. The largest absolute Gasteiger partial charge is 2.00 e. The van der Waals surface area contributed by atoms with Crippen LogP contribution >= 0.6 is 0 Å². The Hall–Kier alpha value is -0.732. The van der Waals surface area contributed by atoms with Crippen LogP contribution in [0.25, 0.3) is 0 Å². The quantitative estimate of drug-likeness (QED) is 0.353. The first-order valence-electron chi connectivity index (χ1n) is 12.5. The van der Waals surface area contributed by atoms with Gasteiger partial charge in [-0.3, -0.25) is 0 Å². The van der Waals surface area contributed by atoms with Crippen LogP contribution in [0.1, 0.15) is 101 Å². The van der Waals surface area contributed by atoms with Crippen molar-refractivity contribution in [2.24, 2.45) is 0 Å². The van der Waals surface area contributed by atoms with Crippen LogP contribution in [0.5, 0.6) is 0 Å². The van der Waals surface area contributed by atoms with E-state index < -0.39 is 0 Å². The molecule has 0 fully saturated rings. The predicted molar refractivity (Wildman–Crippen MR) is 144 cm³/mol. The minimum Gasteiger partial charge on any atom is -1.00 e. The third-order valence-corrected chi connectivity index (χ3v) is 6.34. The molecule has 0 saturated heterocycles. The maximum atomic E-state index is 3.77. The fourth-order valence-electron chi connectivity index (χ4n) is 4.37. The van der Waals surface area contributed by atoms with Crippen molar-refractivity contribution in [2.45, 2.75) is 79.1 Å². The number of para-hydroxylation sites is 2. The Morgan fingerprint density at radius 2 is 0.829 bits per heavy atom. The molecule has 0 amide bonds. The molecule has 0 saturated carbocycles. The van der Waals surface area contributed by atoms with Gasteiger partial charge in [0.2, 0.25) is 0 Å². The summed E-state index contributed by atoms with van der Waals surface area (Å²) in [6.07, 6.45) is 0. The molecule has 0 aliphatic carbocycles. The van der Waals surface area contributed by atoms with Crippen LogP contribution in [0.4, 0.5) is 11.4 Å². The van der Waals surface area contributed by atoms with Crippen molar-refractivity contribution in [2.75, 3.05) is 43.9 Å².